The van der Waals surface area contributed by atoms with E-state index in [1.807, 2.05) is 11.9 Å². The number of nitrogens with zero attached hydrogens (tertiary/aromatic N) is 4. The minimum atomic E-state index is -0.320. The zero-order valence-electron chi connectivity index (χ0n) is 11.5. The Kier molecular flexibility index (Phi) is 4.93. The summed E-state index contributed by atoms with van der Waals surface area (Å²) in [5.41, 5.74) is 0. The van der Waals surface area contributed by atoms with E-state index < -0.39 is 0 Å². The molecule has 0 bridgehead atoms. The molecule has 2 rings (SSSR count). The van der Waals surface area contributed by atoms with E-state index in [0.717, 1.165) is 45.2 Å². The summed E-state index contributed by atoms with van der Waals surface area (Å²) >= 11 is 0. The standard InChI is InChI=1S/C13H22N4O2/c1-15-7-5-8-16(11-15)13(19)17-9-4-2-3-6-12(17)14-10-18/h12H,2-9,11H2,1H3. The molecule has 2 aliphatic rings. The average Bonchev–Trinajstić information content (AvgIpc) is 2.64. The molecule has 0 aromatic heterocycles. The van der Waals surface area contributed by atoms with Gasteiger partial charge in [0.1, 0.15) is 6.17 Å². The summed E-state index contributed by atoms with van der Waals surface area (Å²) in [7, 11) is 2.02. The Balaban J connectivity index is 2.07. The molecule has 1 atom stereocenters. The molecule has 1 unspecified atom stereocenters. The lowest BCUT2D eigenvalue weighted by atomic mass is 10.2. The van der Waals surface area contributed by atoms with Crippen LogP contribution in [0.2, 0.25) is 0 Å². The van der Waals surface area contributed by atoms with E-state index in [4.69, 9.17) is 0 Å². The number of aliphatic imine (C=N–C) groups is 1. The average molecular weight is 266 g/mol. The number of urea groups is 1. The molecule has 2 saturated heterocycles. The van der Waals surface area contributed by atoms with Crippen LogP contribution >= 0.6 is 0 Å². The van der Waals surface area contributed by atoms with E-state index in [1.54, 1.807) is 11.0 Å². The van der Waals surface area contributed by atoms with Gasteiger partial charge in [0.2, 0.25) is 6.08 Å². The van der Waals surface area contributed by atoms with Gasteiger partial charge in [-0.3, -0.25) is 4.90 Å². The van der Waals surface area contributed by atoms with Crippen LogP contribution in [0.15, 0.2) is 4.99 Å². The van der Waals surface area contributed by atoms with Crippen LogP contribution in [0.5, 0.6) is 0 Å². The molecule has 6 nitrogen and oxygen atoms in total. The third-order valence-corrected chi connectivity index (χ3v) is 3.82. The lowest BCUT2D eigenvalue weighted by Crippen LogP contribution is -2.53. The number of isocyanates is 1. The molecule has 2 amide bonds. The van der Waals surface area contributed by atoms with Crippen LogP contribution in [0.4, 0.5) is 4.79 Å². The predicted molar refractivity (Wildman–Crippen MR) is 71.3 cm³/mol. The van der Waals surface area contributed by atoms with Crippen molar-refractivity contribution in [3.8, 4) is 0 Å². The smallest absolute Gasteiger partial charge is 0.312 e. The summed E-state index contributed by atoms with van der Waals surface area (Å²) in [6, 6.07) is 0.0115. The summed E-state index contributed by atoms with van der Waals surface area (Å²) in [4.78, 5) is 32.7. The number of carbonyl (C=O) groups excluding carboxylic acids is 2. The molecular weight excluding hydrogens is 244 g/mol. The van der Waals surface area contributed by atoms with E-state index in [-0.39, 0.29) is 12.2 Å². The molecule has 0 radical (unpaired) electrons. The summed E-state index contributed by atoms with van der Waals surface area (Å²) in [6.07, 6.45) is 6.15. The molecule has 2 fully saturated rings. The molecule has 19 heavy (non-hydrogen) atoms. The van der Waals surface area contributed by atoms with Crippen molar-refractivity contribution in [2.45, 2.75) is 38.3 Å². The number of carbonyl (C=O) groups is 1. The maximum atomic E-state index is 12.6. The van der Waals surface area contributed by atoms with E-state index in [1.165, 1.54) is 0 Å². The van der Waals surface area contributed by atoms with Crippen LogP contribution in [0.25, 0.3) is 0 Å². The number of likely N-dealkylation sites (tertiary alicyclic amines) is 1. The van der Waals surface area contributed by atoms with Crippen LogP contribution in [-0.4, -0.2) is 66.3 Å². The third-order valence-electron chi connectivity index (χ3n) is 3.82. The molecule has 106 valence electrons. The van der Waals surface area contributed by atoms with Gasteiger partial charge in [-0.2, -0.15) is 4.99 Å². The lowest BCUT2D eigenvalue weighted by molar-refractivity contribution is 0.0868. The van der Waals surface area contributed by atoms with Crippen LogP contribution in [-0.2, 0) is 4.79 Å². The second-order valence-electron chi connectivity index (χ2n) is 5.36. The highest BCUT2D eigenvalue weighted by molar-refractivity contribution is 5.75. The van der Waals surface area contributed by atoms with Crippen molar-refractivity contribution in [3.05, 3.63) is 0 Å². The fourth-order valence-electron chi connectivity index (χ4n) is 2.81. The molecule has 2 aliphatic heterocycles. The predicted octanol–water partition coefficient (Wildman–Crippen LogP) is 1.24. The van der Waals surface area contributed by atoms with E-state index in [9.17, 15) is 9.59 Å². The first-order valence-electron chi connectivity index (χ1n) is 7.03. The fraction of sp³-hybridized carbons (Fsp3) is 0.846. The first-order chi connectivity index (χ1) is 9.22. The zero-order valence-corrected chi connectivity index (χ0v) is 11.5. The number of hydrogen-bond acceptors (Lipinski definition) is 4. The number of hydrogen-bond donors (Lipinski definition) is 0. The molecule has 6 heteroatoms. The molecule has 0 aliphatic carbocycles. The largest absolute Gasteiger partial charge is 0.322 e. The van der Waals surface area contributed by atoms with Crippen molar-refractivity contribution in [2.75, 3.05) is 33.4 Å². The molecule has 0 N–H and O–H groups in total. The number of rotatable bonds is 1. The molecule has 0 aromatic rings. The van der Waals surface area contributed by atoms with Gasteiger partial charge in [0.25, 0.3) is 0 Å². The van der Waals surface area contributed by atoms with Crippen molar-refractivity contribution in [1.29, 1.82) is 0 Å². The Labute approximate surface area is 114 Å². The van der Waals surface area contributed by atoms with Gasteiger partial charge < -0.3 is 9.80 Å². The Morgan fingerprint density at radius 1 is 1.16 bits per heavy atom. The minimum absolute atomic E-state index is 0.0115. The van der Waals surface area contributed by atoms with Gasteiger partial charge in [-0.1, -0.05) is 6.42 Å². The van der Waals surface area contributed by atoms with Crippen LogP contribution < -0.4 is 0 Å². The molecule has 2 heterocycles. The molecule has 0 spiro atoms. The highest BCUT2D eigenvalue weighted by atomic mass is 16.2. The second kappa shape index (κ2) is 6.68. The summed E-state index contributed by atoms with van der Waals surface area (Å²) in [5, 5.41) is 0. The zero-order chi connectivity index (χ0) is 13.7. The quantitative estimate of drug-likeness (QED) is 0.530. The normalized spacial score (nSPS) is 25.6. The Morgan fingerprint density at radius 3 is 2.74 bits per heavy atom. The second-order valence-corrected chi connectivity index (χ2v) is 5.36. The SMILES string of the molecule is CN1CCCN(C(=O)N2CCCCCC2N=C=O)C1. The van der Waals surface area contributed by atoms with Crippen molar-refractivity contribution in [1.82, 2.24) is 14.7 Å². The number of amides is 2. The third kappa shape index (κ3) is 3.55. The van der Waals surface area contributed by atoms with Crippen molar-refractivity contribution >= 4 is 12.1 Å². The van der Waals surface area contributed by atoms with Crippen molar-refractivity contribution in [3.63, 3.8) is 0 Å². The summed E-state index contributed by atoms with van der Waals surface area (Å²) in [5.74, 6) is 0. The molecule has 0 saturated carbocycles. The Morgan fingerprint density at radius 2 is 2.00 bits per heavy atom. The van der Waals surface area contributed by atoms with Crippen LogP contribution in [0.1, 0.15) is 32.1 Å². The van der Waals surface area contributed by atoms with Crippen LogP contribution in [0.3, 0.4) is 0 Å². The van der Waals surface area contributed by atoms with E-state index >= 15 is 0 Å². The molecule has 0 aromatic carbocycles. The highest BCUT2D eigenvalue weighted by Gasteiger charge is 2.30. The van der Waals surface area contributed by atoms with Gasteiger partial charge in [0.15, 0.2) is 0 Å². The van der Waals surface area contributed by atoms with Gasteiger partial charge in [0.05, 0.1) is 6.67 Å². The van der Waals surface area contributed by atoms with E-state index in [0.29, 0.717) is 13.2 Å². The van der Waals surface area contributed by atoms with Gasteiger partial charge in [-0.15, -0.1) is 0 Å². The van der Waals surface area contributed by atoms with Crippen molar-refractivity contribution < 1.29 is 9.59 Å². The monoisotopic (exact) mass is 266 g/mol. The maximum absolute atomic E-state index is 12.6. The van der Waals surface area contributed by atoms with E-state index in [2.05, 4.69) is 9.89 Å². The Bertz CT molecular complexity index is 368. The van der Waals surface area contributed by atoms with Gasteiger partial charge >= 0.3 is 6.03 Å². The summed E-state index contributed by atoms with van der Waals surface area (Å²) in [6.45, 7) is 3.17. The lowest BCUT2D eigenvalue weighted by Gasteiger charge is -2.37. The first kappa shape index (κ1) is 14.0. The van der Waals surface area contributed by atoms with Crippen LogP contribution in [0, 0.1) is 0 Å². The highest BCUT2D eigenvalue weighted by Crippen LogP contribution is 2.20. The first-order valence-corrected chi connectivity index (χ1v) is 7.03. The van der Waals surface area contributed by atoms with Gasteiger partial charge in [-0.05, 0) is 32.7 Å². The maximum Gasteiger partial charge on any atom is 0.322 e. The van der Waals surface area contributed by atoms with Gasteiger partial charge in [-0.25, -0.2) is 9.59 Å². The minimum Gasteiger partial charge on any atom is -0.312 e. The topological polar surface area (TPSA) is 56.2 Å². The van der Waals surface area contributed by atoms with Crippen molar-refractivity contribution in [2.24, 2.45) is 4.99 Å². The fourth-order valence-corrected chi connectivity index (χ4v) is 2.81. The summed E-state index contributed by atoms with van der Waals surface area (Å²) < 4.78 is 0. The Hall–Kier alpha value is -1.39. The molecular formula is C13H22N4O2. The van der Waals surface area contributed by atoms with Gasteiger partial charge in [0, 0.05) is 19.6 Å².